The highest BCUT2D eigenvalue weighted by Gasteiger charge is 2.13. The smallest absolute Gasteiger partial charge is 0.0492 e. The van der Waals surface area contributed by atoms with Crippen molar-refractivity contribution >= 4 is 23.2 Å². The van der Waals surface area contributed by atoms with Gasteiger partial charge in [-0.1, -0.05) is 29.3 Å². The fraction of sp³-hybridized carbons (Fsp3) is 0.400. The molecule has 3 nitrogen and oxygen atoms in total. The minimum Gasteiger partial charge on any atom is -0.317 e. The summed E-state index contributed by atoms with van der Waals surface area (Å²) in [6.45, 7) is 0. The van der Waals surface area contributed by atoms with Gasteiger partial charge in [-0.2, -0.15) is 5.10 Å². The molecule has 1 heterocycles. The lowest BCUT2D eigenvalue weighted by atomic mass is 10.0. The molecule has 5 heteroatoms. The van der Waals surface area contributed by atoms with E-state index >= 15 is 0 Å². The van der Waals surface area contributed by atoms with Gasteiger partial charge in [0, 0.05) is 35.0 Å². The Balaban J connectivity index is 2.01. The zero-order valence-electron chi connectivity index (χ0n) is 11.7. The van der Waals surface area contributed by atoms with Gasteiger partial charge in [0.2, 0.25) is 0 Å². The number of benzene rings is 1. The fourth-order valence-electron chi connectivity index (χ4n) is 2.29. The molecule has 2 rings (SSSR count). The van der Waals surface area contributed by atoms with E-state index in [-0.39, 0.29) is 0 Å². The van der Waals surface area contributed by atoms with Crippen LogP contribution in [0.15, 0.2) is 30.5 Å². The molecule has 0 aliphatic carbocycles. The number of aryl methyl sites for hydroxylation is 2. The van der Waals surface area contributed by atoms with Gasteiger partial charge >= 0.3 is 0 Å². The number of halogens is 2. The molecule has 0 bridgehead atoms. The third-order valence-electron chi connectivity index (χ3n) is 3.59. The van der Waals surface area contributed by atoms with Crippen LogP contribution < -0.4 is 5.32 Å². The van der Waals surface area contributed by atoms with Gasteiger partial charge in [-0.05, 0) is 50.1 Å². The molecule has 0 spiro atoms. The Bertz CT molecular complexity index is 546. The lowest BCUT2D eigenvalue weighted by Gasteiger charge is -2.18. The molecule has 1 atom stereocenters. The molecule has 0 aliphatic rings. The SMILES string of the molecule is CNC(CCc1ccnn1C)Cc1c(Cl)cccc1Cl. The Labute approximate surface area is 129 Å². The molecule has 1 aromatic carbocycles. The molecule has 0 radical (unpaired) electrons. The third-order valence-corrected chi connectivity index (χ3v) is 4.30. The Morgan fingerprint density at radius 3 is 2.50 bits per heavy atom. The van der Waals surface area contributed by atoms with E-state index in [1.807, 2.05) is 43.2 Å². The van der Waals surface area contributed by atoms with Crippen LogP contribution in [0.5, 0.6) is 0 Å². The standard InChI is InChI=1S/C15H19Cl2N3/c1-18-11(6-7-12-8-9-19-20(12)2)10-13-14(16)4-3-5-15(13)17/h3-5,8-9,11,18H,6-7,10H2,1-2H3. The minimum atomic E-state index is 0.335. The van der Waals surface area contributed by atoms with Crippen LogP contribution in [0.4, 0.5) is 0 Å². The second-order valence-corrected chi connectivity index (χ2v) is 5.69. The van der Waals surface area contributed by atoms with E-state index in [2.05, 4.69) is 16.5 Å². The maximum Gasteiger partial charge on any atom is 0.0492 e. The van der Waals surface area contributed by atoms with Gasteiger partial charge in [0.05, 0.1) is 0 Å². The van der Waals surface area contributed by atoms with Crippen molar-refractivity contribution in [3.63, 3.8) is 0 Å². The van der Waals surface area contributed by atoms with E-state index in [4.69, 9.17) is 23.2 Å². The minimum absolute atomic E-state index is 0.335. The van der Waals surface area contributed by atoms with Gasteiger partial charge in [0.15, 0.2) is 0 Å². The summed E-state index contributed by atoms with van der Waals surface area (Å²) >= 11 is 12.5. The molecule has 1 N–H and O–H groups in total. The molecule has 0 fully saturated rings. The van der Waals surface area contributed by atoms with E-state index < -0.39 is 0 Å². The van der Waals surface area contributed by atoms with Crippen molar-refractivity contribution in [1.82, 2.24) is 15.1 Å². The van der Waals surface area contributed by atoms with Crippen LogP contribution in [0.25, 0.3) is 0 Å². The quantitative estimate of drug-likeness (QED) is 0.885. The summed E-state index contributed by atoms with van der Waals surface area (Å²) in [6.07, 6.45) is 4.64. The molecule has 0 aliphatic heterocycles. The van der Waals surface area contributed by atoms with Crippen molar-refractivity contribution in [3.8, 4) is 0 Å². The van der Waals surface area contributed by atoms with Gasteiger partial charge in [0.25, 0.3) is 0 Å². The van der Waals surface area contributed by atoms with E-state index in [0.29, 0.717) is 6.04 Å². The molecular formula is C15H19Cl2N3. The number of hydrogen-bond acceptors (Lipinski definition) is 2. The van der Waals surface area contributed by atoms with E-state index in [1.54, 1.807) is 0 Å². The summed E-state index contributed by atoms with van der Waals surface area (Å²) in [5.74, 6) is 0. The zero-order chi connectivity index (χ0) is 14.5. The zero-order valence-corrected chi connectivity index (χ0v) is 13.2. The van der Waals surface area contributed by atoms with Gasteiger partial charge in [0.1, 0.15) is 0 Å². The average molecular weight is 312 g/mol. The summed E-state index contributed by atoms with van der Waals surface area (Å²) in [7, 11) is 3.94. The largest absolute Gasteiger partial charge is 0.317 e. The van der Waals surface area contributed by atoms with Crippen LogP contribution in [-0.2, 0) is 19.9 Å². The first-order valence-corrected chi connectivity index (χ1v) is 7.44. The Hall–Kier alpha value is -1.03. The van der Waals surface area contributed by atoms with Gasteiger partial charge in [-0.3, -0.25) is 4.68 Å². The summed E-state index contributed by atoms with van der Waals surface area (Å²) < 4.78 is 1.91. The summed E-state index contributed by atoms with van der Waals surface area (Å²) in [5, 5.41) is 9.00. The number of likely N-dealkylation sites (N-methyl/N-ethyl adjacent to an activating group) is 1. The Morgan fingerprint density at radius 2 is 1.95 bits per heavy atom. The second-order valence-electron chi connectivity index (χ2n) is 4.87. The van der Waals surface area contributed by atoms with Crippen LogP contribution in [0, 0.1) is 0 Å². The van der Waals surface area contributed by atoms with E-state index in [9.17, 15) is 0 Å². The molecule has 1 aromatic heterocycles. The van der Waals surface area contributed by atoms with E-state index in [0.717, 1.165) is 34.9 Å². The van der Waals surface area contributed by atoms with Crippen LogP contribution in [0.1, 0.15) is 17.7 Å². The molecule has 1 unspecified atom stereocenters. The predicted molar refractivity (Wildman–Crippen MR) is 84.5 cm³/mol. The number of nitrogens with zero attached hydrogens (tertiary/aromatic N) is 2. The molecule has 2 aromatic rings. The van der Waals surface area contributed by atoms with Crippen molar-refractivity contribution in [1.29, 1.82) is 0 Å². The van der Waals surface area contributed by atoms with Gasteiger partial charge < -0.3 is 5.32 Å². The lowest BCUT2D eigenvalue weighted by Crippen LogP contribution is -2.28. The second kappa shape index (κ2) is 7.11. The van der Waals surface area contributed by atoms with E-state index in [1.165, 1.54) is 5.69 Å². The van der Waals surface area contributed by atoms with Crippen LogP contribution in [0.2, 0.25) is 10.0 Å². The molecule has 20 heavy (non-hydrogen) atoms. The van der Waals surface area contributed by atoms with Crippen molar-refractivity contribution in [2.75, 3.05) is 7.05 Å². The number of aromatic nitrogens is 2. The van der Waals surface area contributed by atoms with Gasteiger partial charge in [-0.25, -0.2) is 0 Å². The normalized spacial score (nSPS) is 12.6. The first-order valence-electron chi connectivity index (χ1n) is 6.69. The summed E-state index contributed by atoms with van der Waals surface area (Å²) in [4.78, 5) is 0. The van der Waals surface area contributed by atoms with Crippen molar-refractivity contribution in [2.45, 2.75) is 25.3 Å². The topological polar surface area (TPSA) is 29.9 Å². The predicted octanol–water partition coefficient (Wildman–Crippen LogP) is 3.49. The van der Waals surface area contributed by atoms with Crippen molar-refractivity contribution in [3.05, 3.63) is 51.8 Å². The highest BCUT2D eigenvalue weighted by molar-refractivity contribution is 6.36. The number of hydrogen-bond donors (Lipinski definition) is 1. The monoisotopic (exact) mass is 311 g/mol. The Kier molecular flexibility index (Phi) is 5.46. The molecule has 0 amide bonds. The fourth-order valence-corrected chi connectivity index (χ4v) is 2.84. The number of nitrogens with one attached hydrogen (secondary N) is 1. The molecule has 0 saturated carbocycles. The van der Waals surface area contributed by atoms with Crippen LogP contribution >= 0.6 is 23.2 Å². The highest BCUT2D eigenvalue weighted by atomic mass is 35.5. The molecular weight excluding hydrogens is 293 g/mol. The van der Waals surface area contributed by atoms with Crippen LogP contribution in [-0.4, -0.2) is 22.9 Å². The third kappa shape index (κ3) is 3.75. The van der Waals surface area contributed by atoms with Crippen molar-refractivity contribution in [2.24, 2.45) is 7.05 Å². The maximum absolute atomic E-state index is 6.23. The highest BCUT2D eigenvalue weighted by Crippen LogP contribution is 2.26. The van der Waals surface area contributed by atoms with Crippen LogP contribution in [0.3, 0.4) is 0 Å². The summed E-state index contributed by atoms with van der Waals surface area (Å²) in [5.41, 5.74) is 2.25. The average Bonchev–Trinajstić information content (AvgIpc) is 2.83. The molecule has 0 saturated heterocycles. The van der Waals surface area contributed by atoms with Gasteiger partial charge in [-0.15, -0.1) is 0 Å². The Morgan fingerprint density at radius 1 is 1.25 bits per heavy atom. The maximum atomic E-state index is 6.23. The first kappa shape index (κ1) is 15.4. The first-order chi connectivity index (χ1) is 9.61. The summed E-state index contributed by atoms with van der Waals surface area (Å²) in [6, 6.07) is 8.03. The lowest BCUT2D eigenvalue weighted by molar-refractivity contribution is 0.510. The molecule has 108 valence electrons. The van der Waals surface area contributed by atoms with Crippen molar-refractivity contribution < 1.29 is 0 Å². The number of rotatable bonds is 6.